The number of nitrogens with one attached hydrogen (secondary N) is 1. The van der Waals surface area contributed by atoms with Gasteiger partial charge in [0.15, 0.2) is 0 Å². The van der Waals surface area contributed by atoms with E-state index in [4.69, 9.17) is 4.74 Å². The van der Waals surface area contributed by atoms with Gasteiger partial charge >= 0.3 is 0 Å². The number of nitrogens with zero attached hydrogens (tertiary/aromatic N) is 2. The maximum Gasteiger partial charge on any atom is 0.0678 e. The molecule has 1 aliphatic rings. The molecule has 4 nitrogen and oxygen atoms in total. The zero-order chi connectivity index (χ0) is 14.4. The average Bonchev–Trinajstić information content (AvgIpc) is 2.37. The van der Waals surface area contributed by atoms with Crippen LogP contribution in [0, 0.1) is 6.92 Å². The van der Waals surface area contributed by atoms with Crippen LogP contribution >= 0.6 is 0 Å². The first kappa shape index (κ1) is 15.3. The van der Waals surface area contributed by atoms with Crippen LogP contribution < -0.4 is 5.32 Å². The highest BCUT2D eigenvalue weighted by Crippen LogP contribution is 2.11. The van der Waals surface area contributed by atoms with Gasteiger partial charge in [-0.15, -0.1) is 0 Å². The van der Waals surface area contributed by atoms with Crippen LogP contribution in [-0.4, -0.2) is 48.3 Å². The van der Waals surface area contributed by atoms with E-state index in [1.165, 1.54) is 25.1 Å². The van der Waals surface area contributed by atoms with Crippen LogP contribution in [0.3, 0.4) is 0 Å². The predicted molar refractivity (Wildman–Crippen MR) is 83.1 cm³/mol. The fraction of sp³-hybridized carbons (Fsp3) is 0.688. The number of aromatic nitrogens is 1. The number of hydrogen-bond acceptors (Lipinski definition) is 4. The molecule has 112 valence electrons. The van der Waals surface area contributed by atoms with Crippen molar-refractivity contribution in [3.8, 4) is 0 Å². The van der Waals surface area contributed by atoms with Crippen LogP contribution in [0.2, 0.25) is 0 Å². The lowest BCUT2D eigenvalue weighted by atomic mass is 10.2. The molecule has 2 unspecified atom stereocenters. The molecule has 1 saturated heterocycles. The van der Waals surface area contributed by atoms with Gasteiger partial charge in [-0.25, -0.2) is 0 Å². The molecule has 0 saturated carbocycles. The second-order valence-corrected chi connectivity index (χ2v) is 5.84. The van der Waals surface area contributed by atoms with Gasteiger partial charge in [0.1, 0.15) is 0 Å². The third kappa shape index (κ3) is 5.10. The molecule has 1 aliphatic heterocycles. The van der Waals surface area contributed by atoms with Gasteiger partial charge in [-0.1, -0.05) is 0 Å². The number of unbranched alkanes of at least 4 members (excludes halogenated alkanes) is 1. The van der Waals surface area contributed by atoms with Crippen LogP contribution in [0.4, 0.5) is 5.69 Å². The molecule has 0 radical (unpaired) electrons. The monoisotopic (exact) mass is 277 g/mol. The SMILES string of the molecule is Cc1cc(NCCCCN2CC(C)OC(C)C2)ccn1. The number of rotatable bonds is 6. The summed E-state index contributed by atoms with van der Waals surface area (Å²) in [5.74, 6) is 0. The Morgan fingerprint density at radius 2 is 2.05 bits per heavy atom. The molecule has 1 N–H and O–H groups in total. The number of morpholine rings is 1. The van der Waals surface area contributed by atoms with Gasteiger partial charge in [0, 0.05) is 37.2 Å². The Morgan fingerprint density at radius 1 is 1.30 bits per heavy atom. The van der Waals surface area contributed by atoms with E-state index in [1.807, 2.05) is 19.2 Å². The lowest BCUT2D eigenvalue weighted by Gasteiger charge is -2.35. The minimum atomic E-state index is 0.372. The van der Waals surface area contributed by atoms with Crippen LogP contribution in [0.15, 0.2) is 18.3 Å². The molecular formula is C16H27N3O. The van der Waals surface area contributed by atoms with E-state index in [0.29, 0.717) is 12.2 Å². The Kier molecular flexibility index (Phi) is 5.80. The van der Waals surface area contributed by atoms with Crippen molar-refractivity contribution in [3.05, 3.63) is 24.0 Å². The van der Waals surface area contributed by atoms with E-state index >= 15 is 0 Å². The van der Waals surface area contributed by atoms with Crippen molar-refractivity contribution in [2.45, 2.75) is 45.8 Å². The molecule has 0 aliphatic carbocycles. The lowest BCUT2D eigenvalue weighted by molar-refractivity contribution is -0.0681. The van der Waals surface area contributed by atoms with Crippen molar-refractivity contribution in [1.29, 1.82) is 0 Å². The van der Waals surface area contributed by atoms with Crippen molar-refractivity contribution < 1.29 is 4.74 Å². The number of anilines is 1. The first-order valence-corrected chi connectivity index (χ1v) is 7.68. The van der Waals surface area contributed by atoms with Crippen LogP contribution in [-0.2, 0) is 4.74 Å². The summed E-state index contributed by atoms with van der Waals surface area (Å²) in [6.45, 7) is 10.7. The smallest absolute Gasteiger partial charge is 0.0678 e. The molecule has 2 atom stereocenters. The largest absolute Gasteiger partial charge is 0.385 e. The Balaban J connectivity index is 1.59. The van der Waals surface area contributed by atoms with E-state index < -0.39 is 0 Å². The summed E-state index contributed by atoms with van der Waals surface area (Å²) in [6.07, 6.45) is 5.03. The van der Waals surface area contributed by atoms with Crippen LogP contribution in [0.5, 0.6) is 0 Å². The summed E-state index contributed by atoms with van der Waals surface area (Å²) in [7, 11) is 0. The van der Waals surface area contributed by atoms with E-state index in [2.05, 4.69) is 35.1 Å². The highest BCUT2D eigenvalue weighted by atomic mass is 16.5. The van der Waals surface area contributed by atoms with Crippen molar-refractivity contribution in [3.63, 3.8) is 0 Å². The van der Waals surface area contributed by atoms with Gasteiger partial charge < -0.3 is 10.1 Å². The molecule has 0 aromatic carbocycles. The highest BCUT2D eigenvalue weighted by Gasteiger charge is 2.21. The van der Waals surface area contributed by atoms with Gasteiger partial charge in [0.2, 0.25) is 0 Å². The number of hydrogen-bond donors (Lipinski definition) is 1. The van der Waals surface area contributed by atoms with Gasteiger partial charge in [0.05, 0.1) is 12.2 Å². The molecule has 2 rings (SSSR count). The third-order valence-electron chi connectivity index (χ3n) is 3.62. The molecule has 1 aromatic rings. The van der Waals surface area contributed by atoms with Gasteiger partial charge in [-0.05, 0) is 52.3 Å². The van der Waals surface area contributed by atoms with Crippen LogP contribution in [0.25, 0.3) is 0 Å². The summed E-state index contributed by atoms with van der Waals surface area (Å²) < 4.78 is 5.75. The van der Waals surface area contributed by atoms with Crippen molar-refractivity contribution >= 4 is 5.69 Å². The molecule has 20 heavy (non-hydrogen) atoms. The summed E-state index contributed by atoms with van der Waals surface area (Å²) >= 11 is 0. The Labute approximate surface area is 122 Å². The Morgan fingerprint density at radius 3 is 2.75 bits per heavy atom. The highest BCUT2D eigenvalue weighted by molar-refractivity contribution is 5.42. The molecule has 0 spiro atoms. The zero-order valence-electron chi connectivity index (χ0n) is 12.9. The van der Waals surface area contributed by atoms with E-state index in [1.54, 1.807) is 0 Å². The summed E-state index contributed by atoms with van der Waals surface area (Å²) in [5.41, 5.74) is 2.23. The summed E-state index contributed by atoms with van der Waals surface area (Å²) in [5, 5.41) is 3.46. The van der Waals surface area contributed by atoms with E-state index in [9.17, 15) is 0 Å². The molecule has 0 bridgehead atoms. The molecule has 1 fully saturated rings. The maximum atomic E-state index is 5.75. The van der Waals surface area contributed by atoms with E-state index in [0.717, 1.165) is 25.3 Å². The standard InChI is InChI=1S/C16H27N3O/c1-13-10-16(6-8-17-13)18-7-4-5-9-19-11-14(2)20-15(3)12-19/h6,8,10,14-15H,4-5,7,9,11-12H2,1-3H3,(H,17,18). The Bertz CT molecular complexity index is 400. The fourth-order valence-corrected chi connectivity index (χ4v) is 2.82. The molecule has 2 heterocycles. The first-order valence-electron chi connectivity index (χ1n) is 7.68. The maximum absolute atomic E-state index is 5.75. The van der Waals surface area contributed by atoms with Gasteiger partial charge in [-0.3, -0.25) is 9.88 Å². The summed E-state index contributed by atoms with van der Waals surface area (Å²) in [4.78, 5) is 6.72. The van der Waals surface area contributed by atoms with Gasteiger partial charge in [-0.2, -0.15) is 0 Å². The number of aryl methyl sites for hydroxylation is 1. The minimum absolute atomic E-state index is 0.372. The second kappa shape index (κ2) is 7.60. The molecule has 0 amide bonds. The predicted octanol–water partition coefficient (Wildman–Crippen LogP) is 2.69. The molecule has 1 aromatic heterocycles. The van der Waals surface area contributed by atoms with Crippen molar-refractivity contribution in [1.82, 2.24) is 9.88 Å². The van der Waals surface area contributed by atoms with Crippen LogP contribution in [0.1, 0.15) is 32.4 Å². The normalized spacial score (nSPS) is 23.8. The quantitative estimate of drug-likeness (QED) is 0.811. The third-order valence-corrected chi connectivity index (χ3v) is 3.62. The zero-order valence-corrected chi connectivity index (χ0v) is 12.9. The van der Waals surface area contributed by atoms with Crippen molar-refractivity contribution in [2.24, 2.45) is 0 Å². The second-order valence-electron chi connectivity index (χ2n) is 5.84. The first-order chi connectivity index (χ1) is 9.63. The van der Waals surface area contributed by atoms with Crippen molar-refractivity contribution in [2.75, 3.05) is 31.5 Å². The topological polar surface area (TPSA) is 37.4 Å². The fourth-order valence-electron chi connectivity index (χ4n) is 2.82. The lowest BCUT2D eigenvalue weighted by Crippen LogP contribution is -2.45. The molecule has 4 heteroatoms. The van der Waals surface area contributed by atoms with E-state index in [-0.39, 0.29) is 0 Å². The average molecular weight is 277 g/mol. The summed E-state index contributed by atoms with van der Waals surface area (Å²) in [6, 6.07) is 4.11. The van der Waals surface area contributed by atoms with Gasteiger partial charge in [0.25, 0.3) is 0 Å². The number of pyridine rings is 1. The molecular weight excluding hydrogens is 250 g/mol. The minimum Gasteiger partial charge on any atom is -0.385 e. The Hall–Kier alpha value is -1.13. The number of ether oxygens (including phenoxy) is 1.